The summed E-state index contributed by atoms with van der Waals surface area (Å²) in [7, 11) is 0. The van der Waals surface area contributed by atoms with Crippen molar-refractivity contribution in [2.75, 3.05) is 0 Å². The van der Waals surface area contributed by atoms with Crippen molar-refractivity contribution in [3.8, 4) is 0 Å². The number of ketones is 1. The van der Waals surface area contributed by atoms with E-state index in [-0.39, 0.29) is 17.7 Å². The van der Waals surface area contributed by atoms with E-state index in [1.165, 1.54) is 0 Å². The zero-order valence-electron chi connectivity index (χ0n) is 13.9. The molecule has 8 heteroatoms. The lowest BCUT2D eigenvalue weighted by molar-refractivity contribution is -0.138. The van der Waals surface area contributed by atoms with Gasteiger partial charge in [0.25, 0.3) is 11.8 Å². The molecule has 0 bridgehead atoms. The molecule has 0 fully saturated rings. The fourth-order valence-corrected chi connectivity index (χ4v) is 2.37. The molecule has 0 aliphatic carbocycles. The molecule has 1 atom stereocenters. The van der Waals surface area contributed by atoms with Crippen LogP contribution in [-0.2, 0) is 20.8 Å². The number of H-pyrrole nitrogens is 1. The zero-order chi connectivity index (χ0) is 19.1. The van der Waals surface area contributed by atoms with Gasteiger partial charge in [0, 0.05) is 18.8 Å². The van der Waals surface area contributed by atoms with E-state index in [0.717, 1.165) is 11.8 Å². The summed E-state index contributed by atoms with van der Waals surface area (Å²) in [6.45, 7) is 0. The van der Waals surface area contributed by atoms with Crippen LogP contribution in [0.15, 0.2) is 60.4 Å². The number of aromatic nitrogens is 1. The number of amides is 2. The van der Waals surface area contributed by atoms with Gasteiger partial charge in [-0.1, -0.05) is 30.3 Å². The molecule has 0 radical (unpaired) electrons. The normalized spacial score (nSPS) is 12.2. The van der Waals surface area contributed by atoms with Crippen molar-refractivity contribution in [3.63, 3.8) is 0 Å². The molecule has 0 aliphatic rings. The highest BCUT2D eigenvalue weighted by Crippen LogP contribution is 2.09. The Labute approximate surface area is 149 Å². The Hall–Kier alpha value is -3.68. The molecule has 134 valence electrons. The Bertz CT molecular complexity index is 841. The Kier molecular flexibility index (Phi) is 6.05. The third-order valence-corrected chi connectivity index (χ3v) is 3.70. The van der Waals surface area contributed by atoms with Gasteiger partial charge in [-0.05, 0) is 17.7 Å². The van der Waals surface area contributed by atoms with Crippen molar-refractivity contribution in [2.24, 2.45) is 11.5 Å². The topological polar surface area (TPSA) is 155 Å². The summed E-state index contributed by atoms with van der Waals surface area (Å²) in [5, 5.41) is 10.5. The second kappa shape index (κ2) is 8.43. The number of benzene rings is 1. The van der Waals surface area contributed by atoms with Gasteiger partial charge in [0.05, 0.1) is 17.0 Å². The Morgan fingerprint density at radius 1 is 1.15 bits per heavy atom. The molecule has 2 aromatic rings. The molecule has 2 rings (SSSR count). The zero-order valence-corrected chi connectivity index (χ0v) is 13.9. The maximum atomic E-state index is 12.5. The average molecular weight is 353 g/mol. The van der Waals surface area contributed by atoms with Gasteiger partial charge in [0.2, 0.25) is 5.78 Å². The number of carbonyl (C=O) groups excluding carboxylic acids is 3. The summed E-state index contributed by atoms with van der Waals surface area (Å²) in [5.74, 6) is -2.82. The molecular weight excluding hydrogens is 334 g/mol. The van der Waals surface area contributed by atoms with Gasteiger partial charge in [-0.2, -0.15) is 0 Å². The first kappa shape index (κ1) is 18.7. The minimum absolute atomic E-state index is 0.0854. The minimum Gasteiger partial charge on any atom is -0.404 e. The summed E-state index contributed by atoms with van der Waals surface area (Å²) < 4.78 is 0. The van der Waals surface area contributed by atoms with Crippen molar-refractivity contribution in [2.45, 2.75) is 12.5 Å². The van der Waals surface area contributed by atoms with E-state index in [9.17, 15) is 14.4 Å². The van der Waals surface area contributed by atoms with E-state index in [1.54, 1.807) is 48.7 Å². The molecule has 2 amide bonds. The van der Waals surface area contributed by atoms with Gasteiger partial charge in [-0.3, -0.25) is 19.8 Å². The second-order valence-corrected chi connectivity index (χ2v) is 5.48. The molecule has 1 aromatic carbocycles. The van der Waals surface area contributed by atoms with Crippen molar-refractivity contribution in [1.29, 1.82) is 5.41 Å². The van der Waals surface area contributed by atoms with E-state index in [1.807, 2.05) is 0 Å². The molecule has 0 saturated carbocycles. The molecule has 8 nitrogen and oxygen atoms in total. The van der Waals surface area contributed by atoms with Crippen LogP contribution < -0.4 is 16.8 Å². The number of aromatic amines is 1. The third kappa shape index (κ3) is 4.44. The SMILES string of the molecule is N=C(/C(=C\N)C(=O)NC(Cc1ccccc1)C(=O)C(N)=O)c1ccc[nH]1. The lowest BCUT2D eigenvalue weighted by Crippen LogP contribution is -2.48. The number of primary amides is 1. The van der Waals surface area contributed by atoms with Gasteiger partial charge >= 0.3 is 0 Å². The summed E-state index contributed by atoms with van der Waals surface area (Å²) in [5.41, 5.74) is 11.4. The van der Waals surface area contributed by atoms with Crippen LogP contribution >= 0.6 is 0 Å². The summed E-state index contributed by atoms with van der Waals surface area (Å²) in [4.78, 5) is 38.7. The molecule has 26 heavy (non-hydrogen) atoms. The first-order chi connectivity index (χ1) is 12.4. The van der Waals surface area contributed by atoms with E-state index in [4.69, 9.17) is 16.9 Å². The minimum atomic E-state index is -1.16. The molecule has 0 aliphatic heterocycles. The van der Waals surface area contributed by atoms with E-state index >= 15 is 0 Å². The van der Waals surface area contributed by atoms with E-state index < -0.39 is 23.6 Å². The average Bonchev–Trinajstić information content (AvgIpc) is 3.16. The van der Waals surface area contributed by atoms with Crippen LogP contribution in [0.1, 0.15) is 11.3 Å². The molecule has 7 N–H and O–H groups in total. The third-order valence-electron chi connectivity index (χ3n) is 3.70. The Balaban J connectivity index is 2.20. The van der Waals surface area contributed by atoms with Crippen LogP contribution in [0.25, 0.3) is 0 Å². The number of rotatable bonds is 8. The first-order valence-corrected chi connectivity index (χ1v) is 7.77. The maximum absolute atomic E-state index is 12.5. The van der Waals surface area contributed by atoms with Gasteiger partial charge < -0.3 is 21.8 Å². The smallest absolute Gasteiger partial charge is 0.287 e. The van der Waals surface area contributed by atoms with Gasteiger partial charge in [0.1, 0.15) is 6.04 Å². The van der Waals surface area contributed by atoms with Crippen LogP contribution in [0.3, 0.4) is 0 Å². The van der Waals surface area contributed by atoms with Crippen LogP contribution in [0, 0.1) is 5.41 Å². The summed E-state index contributed by atoms with van der Waals surface area (Å²) in [6.07, 6.45) is 2.67. The fourth-order valence-electron chi connectivity index (χ4n) is 2.37. The number of Topliss-reactive ketones (excluding diaryl/α,β-unsaturated/α-hetero) is 1. The first-order valence-electron chi connectivity index (χ1n) is 7.77. The van der Waals surface area contributed by atoms with Crippen molar-refractivity contribution in [3.05, 3.63) is 71.7 Å². The fraction of sp³-hybridized carbons (Fsp3) is 0.111. The van der Waals surface area contributed by atoms with Crippen molar-refractivity contribution >= 4 is 23.3 Å². The lowest BCUT2D eigenvalue weighted by Gasteiger charge is -2.17. The number of nitrogens with one attached hydrogen (secondary N) is 3. The van der Waals surface area contributed by atoms with Gasteiger partial charge in [-0.25, -0.2) is 0 Å². The van der Waals surface area contributed by atoms with Crippen LogP contribution in [0.5, 0.6) is 0 Å². The number of hydrogen-bond donors (Lipinski definition) is 5. The molecule has 1 aromatic heterocycles. The summed E-state index contributed by atoms with van der Waals surface area (Å²) >= 11 is 0. The molecular formula is C18H19N5O3. The van der Waals surface area contributed by atoms with Gasteiger partial charge in [0.15, 0.2) is 0 Å². The lowest BCUT2D eigenvalue weighted by atomic mass is 10.0. The number of carbonyl (C=O) groups is 3. The quantitative estimate of drug-likeness (QED) is 0.257. The standard InChI is InChI=1S/C18H19N5O3/c19-10-12(15(20)13-7-4-8-22-13)18(26)23-14(16(24)17(21)25)9-11-5-2-1-3-6-11/h1-8,10,14,20,22H,9,19H2,(H2,21,25)(H,23,26)/b12-10+,20-15?. The Morgan fingerprint density at radius 2 is 1.85 bits per heavy atom. The largest absolute Gasteiger partial charge is 0.404 e. The predicted molar refractivity (Wildman–Crippen MR) is 96.2 cm³/mol. The number of nitrogens with two attached hydrogens (primary N) is 2. The maximum Gasteiger partial charge on any atom is 0.287 e. The number of hydrogen-bond acceptors (Lipinski definition) is 5. The summed E-state index contributed by atoms with van der Waals surface area (Å²) in [6, 6.07) is 11.0. The highest BCUT2D eigenvalue weighted by molar-refractivity contribution is 6.38. The van der Waals surface area contributed by atoms with Crippen LogP contribution in [-0.4, -0.2) is 34.3 Å². The van der Waals surface area contributed by atoms with Gasteiger partial charge in [-0.15, -0.1) is 0 Å². The van der Waals surface area contributed by atoms with Crippen molar-refractivity contribution in [1.82, 2.24) is 10.3 Å². The molecule has 1 unspecified atom stereocenters. The monoisotopic (exact) mass is 353 g/mol. The van der Waals surface area contributed by atoms with Crippen molar-refractivity contribution < 1.29 is 14.4 Å². The predicted octanol–water partition coefficient (Wildman–Crippen LogP) is 0.00707. The molecule has 1 heterocycles. The molecule has 0 spiro atoms. The van der Waals surface area contributed by atoms with Crippen LogP contribution in [0.4, 0.5) is 0 Å². The highest BCUT2D eigenvalue weighted by Gasteiger charge is 2.27. The second-order valence-electron chi connectivity index (χ2n) is 5.48. The Morgan fingerprint density at radius 3 is 2.38 bits per heavy atom. The van der Waals surface area contributed by atoms with Crippen LogP contribution in [0.2, 0.25) is 0 Å². The van der Waals surface area contributed by atoms with E-state index in [0.29, 0.717) is 5.69 Å². The molecule has 0 saturated heterocycles. The van der Waals surface area contributed by atoms with E-state index in [2.05, 4.69) is 10.3 Å². The highest BCUT2D eigenvalue weighted by atomic mass is 16.2.